The van der Waals surface area contributed by atoms with Crippen LogP contribution in [0.5, 0.6) is 0 Å². The summed E-state index contributed by atoms with van der Waals surface area (Å²) in [5, 5.41) is 2.01. The van der Waals surface area contributed by atoms with Crippen LogP contribution in [0.1, 0.15) is 37.0 Å². The molecule has 0 spiro atoms. The van der Waals surface area contributed by atoms with Crippen molar-refractivity contribution in [3.63, 3.8) is 0 Å². The number of carbonyl (C=O) groups is 1. The highest BCUT2D eigenvalue weighted by atomic mass is 32.1. The molecule has 1 aliphatic carbocycles. The summed E-state index contributed by atoms with van der Waals surface area (Å²) in [6.07, 6.45) is 5.38. The summed E-state index contributed by atoms with van der Waals surface area (Å²) in [5.74, 6) is 0.383. The van der Waals surface area contributed by atoms with Crippen LogP contribution in [0.2, 0.25) is 0 Å². The summed E-state index contributed by atoms with van der Waals surface area (Å²) in [6.45, 7) is 0.564. The number of hydrogen-bond acceptors (Lipinski definition) is 2. The van der Waals surface area contributed by atoms with E-state index >= 15 is 0 Å². The summed E-state index contributed by atoms with van der Waals surface area (Å²) in [4.78, 5) is 15.7. The van der Waals surface area contributed by atoms with Crippen molar-refractivity contribution in [2.45, 2.75) is 38.6 Å². The second-order valence-electron chi connectivity index (χ2n) is 5.89. The van der Waals surface area contributed by atoms with Crippen molar-refractivity contribution in [1.82, 2.24) is 0 Å². The van der Waals surface area contributed by atoms with Crippen LogP contribution >= 0.6 is 11.3 Å². The minimum absolute atomic E-state index is 0.145. The highest BCUT2D eigenvalue weighted by Crippen LogP contribution is 2.30. The first-order valence-electron chi connectivity index (χ1n) is 7.80. The Labute approximate surface area is 134 Å². The average molecular weight is 317 g/mol. The van der Waals surface area contributed by atoms with Gasteiger partial charge in [0, 0.05) is 17.0 Å². The molecule has 1 saturated carbocycles. The lowest BCUT2D eigenvalue weighted by Gasteiger charge is -2.24. The van der Waals surface area contributed by atoms with Gasteiger partial charge in [-0.1, -0.05) is 18.9 Å². The minimum Gasteiger partial charge on any atom is -0.307 e. The van der Waals surface area contributed by atoms with Gasteiger partial charge in [-0.15, -0.1) is 11.3 Å². The number of benzene rings is 1. The van der Waals surface area contributed by atoms with Gasteiger partial charge in [-0.3, -0.25) is 4.79 Å². The number of amides is 1. The molecule has 2 aromatic rings. The van der Waals surface area contributed by atoms with E-state index in [2.05, 4.69) is 0 Å². The van der Waals surface area contributed by atoms with Crippen LogP contribution in [0.15, 0.2) is 41.8 Å². The Morgan fingerprint density at radius 1 is 1.18 bits per heavy atom. The smallest absolute Gasteiger partial charge is 0.227 e. The Morgan fingerprint density at radius 3 is 2.55 bits per heavy atom. The predicted molar refractivity (Wildman–Crippen MR) is 88.5 cm³/mol. The van der Waals surface area contributed by atoms with Gasteiger partial charge < -0.3 is 4.90 Å². The monoisotopic (exact) mass is 317 g/mol. The summed E-state index contributed by atoms with van der Waals surface area (Å²) < 4.78 is 13.2. The molecule has 0 saturated heterocycles. The van der Waals surface area contributed by atoms with E-state index in [1.807, 2.05) is 17.5 Å². The van der Waals surface area contributed by atoms with E-state index in [1.54, 1.807) is 28.4 Å². The van der Waals surface area contributed by atoms with Gasteiger partial charge in [0.2, 0.25) is 5.91 Å². The SMILES string of the molecule is O=C(CC1CCCC1)N(Cc1cccs1)c1ccc(F)cc1. The van der Waals surface area contributed by atoms with Crippen LogP contribution in [0.4, 0.5) is 10.1 Å². The molecule has 1 amide bonds. The van der Waals surface area contributed by atoms with Gasteiger partial charge in [-0.2, -0.15) is 0 Å². The van der Waals surface area contributed by atoms with Crippen molar-refractivity contribution in [2.75, 3.05) is 4.90 Å². The highest BCUT2D eigenvalue weighted by Gasteiger charge is 2.23. The Balaban J connectivity index is 1.78. The van der Waals surface area contributed by atoms with Crippen LogP contribution in [0.25, 0.3) is 0 Å². The van der Waals surface area contributed by atoms with Gasteiger partial charge >= 0.3 is 0 Å². The first-order chi connectivity index (χ1) is 10.7. The van der Waals surface area contributed by atoms with Gasteiger partial charge in [-0.05, 0) is 54.5 Å². The number of carbonyl (C=O) groups excluding carboxylic acids is 1. The molecule has 1 aliphatic rings. The lowest BCUT2D eigenvalue weighted by molar-refractivity contribution is -0.119. The standard InChI is InChI=1S/C18H20FNOS/c19-15-7-9-16(10-8-15)20(13-17-6-3-11-22-17)18(21)12-14-4-1-2-5-14/h3,6-11,14H,1-2,4-5,12-13H2. The molecule has 0 unspecified atom stereocenters. The summed E-state index contributed by atoms with van der Waals surface area (Å²) in [5.41, 5.74) is 0.776. The molecule has 1 aromatic carbocycles. The first-order valence-corrected chi connectivity index (χ1v) is 8.68. The molecule has 116 valence electrons. The third-order valence-electron chi connectivity index (χ3n) is 4.27. The van der Waals surface area contributed by atoms with Gasteiger partial charge in [0.25, 0.3) is 0 Å². The van der Waals surface area contributed by atoms with Crippen molar-refractivity contribution in [2.24, 2.45) is 5.92 Å². The van der Waals surface area contributed by atoms with E-state index in [0.717, 1.165) is 23.4 Å². The van der Waals surface area contributed by atoms with E-state index < -0.39 is 0 Å². The zero-order valence-corrected chi connectivity index (χ0v) is 13.3. The fraction of sp³-hybridized carbons (Fsp3) is 0.389. The van der Waals surface area contributed by atoms with Gasteiger partial charge in [0.15, 0.2) is 0 Å². The molecule has 0 bridgehead atoms. The zero-order chi connectivity index (χ0) is 15.4. The number of nitrogens with zero attached hydrogens (tertiary/aromatic N) is 1. The van der Waals surface area contributed by atoms with E-state index in [4.69, 9.17) is 0 Å². The lowest BCUT2D eigenvalue weighted by atomic mass is 10.0. The maximum Gasteiger partial charge on any atom is 0.227 e. The highest BCUT2D eigenvalue weighted by molar-refractivity contribution is 7.09. The molecule has 1 heterocycles. The zero-order valence-electron chi connectivity index (χ0n) is 12.5. The number of thiophene rings is 1. The average Bonchev–Trinajstić information content (AvgIpc) is 3.19. The molecule has 3 rings (SSSR count). The van der Waals surface area contributed by atoms with Gasteiger partial charge in [-0.25, -0.2) is 4.39 Å². The minimum atomic E-state index is -0.275. The normalized spacial score (nSPS) is 15.1. The van der Waals surface area contributed by atoms with Crippen molar-refractivity contribution in [3.05, 3.63) is 52.5 Å². The third-order valence-corrected chi connectivity index (χ3v) is 5.13. The van der Waals surface area contributed by atoms with E-state index in [1.165, 1.54) is 25.0 Å². The maximum atomic E-state index is 13.2. The lowest BCUT2D eigenvalue weighted by Crippen LogP contribution is -2.31. The maximum absolute atomic E-state index is 13.2. The predicted octanol–water partition coefficient (Wildman–Crippen LogP) is 5.00. The second kappa shape index (κ2) is 7.05. The van der Waals surface area contributed by atoms with Gasteiger partial charge in [0.1, 0.15) is 5.82 Å². The second-order valence-corrected chi connectivity index (χ2v) is 6.92. The number of hydrogen-bond donors (Lipinski definition) is 0. The number of rotatable bonds is 5. The quantitative estimate of drug-likeness (QED) is 0.760. The Kier molecular flexibility index (Phi) is 4.88. The van der Waals surface area contributed by atoms with E-state index in [0.29, 0.717) is 18.9 Å². The van der Waals surface area contributed by atoms with Crippen molar-refractivity contribution in [3.8, 4) is 0 Å². The number of halogens is 1. The molecule has 0 radical (unpaired) electrons. The Hall–Kier alpha value is -1.68. The summed E-state index contributed by atoms with van der Waals surface area (Å²) >= 11 is 1.64. The Bertz CT molecular complexity index is 603. The van der Waals surface area contributed by atoms with Crippen LogP contribution in [-0.2, 0) is 11.3 Å². The molecule has 0 atom stereocenters. The largest absolute Gasteiger partial charge is 0.307 e. The molecule has 1 fully saturated rings. The molecular formula is C18H20FNOS. The van der Waals surface area contributed by atoms with Crippen molar-refractivity contribution in [1.29, 1.82) is 0 Å². The van der Waals surface area contributed by atoms with Crippen molar-refractivity contribution < 1.29 is 9.18 Å². The first kappa shape index (κ1) is 15.2. The molecule has 22 heavy (non-hydrogen) atoms. The topological polar surface area (TPSA) is 20.3 Å². The molecular weight excluding hydrogens is 297 g/mol. The number of anilines is 1. The van der Waals surface area contributed by atoms with Crippen LogP contribution in [0.3, 0.4) is 0 Å². The Morgan fingerprint density at radius 2 is 1.91 bits per heavy atom. The molecule has 4 heteroatoms. The van der Waals surface area contributed by atoms with Crippen LogP contribution in [0, 0.1) is 11.7 Å². The summed E-state index contributed by atoms with van der Waals surface area (Å²) in [7, 11) is 0. The molecule has 1 aromatic heterocycles. The molecule has 2 nitrogen and oxygen atoms in total. The van der Waals surface area contributed by atoms with Crippen molar-refractivity contribution >= 4 is 22.9 Å². The summed E-state index contributed by atoms with van der Waals surface area (Å²) in [6, 6.07) is 10.2. The third kappa shape index (κ3) is 3.74. The van der Waals surface area contributed by atoms with E-state index in [9.17, 15) is 9.18 Å². The molecule has 0 N–H and O–H groups in total. The fourth-order valence-corrected chi connectivity index (χ4v) is 3.77. The van der Waals surface area contributed by atoms with E-state index in [-0.39, 0.29) is 11.7 Å². The molecule has 0 aliphatic heterocycles. The van der Waals surface area contributed by atoms with Crippen LogP contribution in [-0.4, -0.2) is 5.91 Å². The van der Waals surface area contributed by atoms with Crippen LogP contribution < -0.4 is 4.90 Å². The van der Waals surface area contributed by atoms with Gasteiger partial charge in [0.05, 0.1) is 6.54 Å². The fourth-order valence-electron chi connectivity index (χ4n) is 3.07.